The summed E-state index contributed by atoms with van der Waals surface area (Å²) in [4.78, 5) is 26.6. The molecule has 1 aromatic carbocycles. The van der Waals surface area contributed by atoms with Crippen LogP contribution in [-0.4, -0.2) is 47.0 Å². The van der Waals surface area contributed by atoms with Crippen LogP contribution in [0.1, 0.15) is 31.2 Å². The van der Waals surface area contributed by atoms with Crippen LogP contribution >= 0.6 is 11.8 Å². The zero-order valence-corrected chi connectivity index (χ0v) is 14.9. The fourth-order valence-corrected chi connectivity index (χ4v) is 3.80. The summed E-state index contributed by atoms with van der Waals surface area (Å²) in [5, 5.41) is 5.79. The standard InChI is InChI=1S/C18H25N3O2S/c1-24-18(9-10-18)13-19-17(23)20-15-8-5-11-21(16(15)22)12-14-6-3-2-4-7-14/h2-4,6-7,15H,5,8-13H2,1H3,(H2,19,20,23)/t15-/m1/s1. The number of carbonyl (C=O) groups excluding carboxylic acids is 2. The second kappa shape index (κ2) is 7.47. The van der Waals surface area contributed by atoms with Crippen molar-refractivity contribution < 1.29 is 9.59 Å². The predicted octanol–water partition coefficient (Wildman–Crippen LogP) is 2.37. The topological polar surface area (TPSA) is 61.4 Å². The van der Waals surface area contributed by atoms with E-state index in [-0.39, 0.29) is 16.7 Å². The van der Waals surface area contributed by atoms with Gasteiger partial charge < -0.3 is 15.5 Å². The van der Waals surface area contributed by atoms with Crippen molar-refractivity contribution in [2.75, 3.05) is 19.3 Å². The fourth-order valence-electron chi connectivity index (χ4n) is 3.08. The molecule has 2 aliphatic rings. The first-order valence-corrected chi connectivity index (χ1v) is 9.77. The molecule has 3 rings (SSSR count). The van der Waals surface area contributed by atoms with Gasteiger partial charge in [-0.1, -0.05) is 30.3 Å². The van der Waals surface area contributed by atoms with Gasteiger partial charge in [0, 0.05) is 24.4 Å². The summed E-state index contributed by atoms with van der Waals surface area (Å²) in [7, 11) is 0. The van der Waals surface area contributed by atoms with Gasteiger partial charge in [0.1, 0.15) is 6.04 Å². The molecule has 0 aromatic heterocycles. The Morgan fingerprint density at radius 3 is 2.75 bits per heavy atom. The number of benzene rings is 1. The number of urea groups is 1. The highest BCUT2D eigenvalue weighted by Gasteiger charge is 2.42. The average molecular weight is 347 g/mol. The first-order valence-electron chi connectivity index (χ1n) is 8.54. The summed E-state index contributed by atoms with van der Waals surface area (Å²) in [6.45, 7) is 2.03. The molecule has 1 aliphatic carbocycles. The van der Waals surface area contributed by atoms with Gasteiger partial charge in [0.25, 0.3) is 0 Å². The molecule has 1 saturated heterocycles. The molecule has 24 heavy (non-hydrogen) atoms. The lowest BCUT2D eigenvalue weighted by molar-refractivity contribution is -0.136. The SMILES string of the molecule is CSC1(CNC(=O)N[C@@H]2CCCN(Cc3ccccc3)C2=O)CC1. The van der Waals surface area contributed by atoms with Crippen molar-refractivity contribution >= 4 is 23.7 Å². The van der Waals surface area contributed by atoms with Gasteiger partial charge in [-0.15, -0.1) is 0 Å². The van der Waals surface area contributed by atoms with Crippen LogP contribution in [0, 0.1) is 0 Å². The van der Waals surface area contributed by atoms with Gasteiger partial charge in [-0.05, 0) is 37.5 Å². The highest BCUT2D eigenvalue weighted by atomic mass is 32.2. The Balaban J connectivity index is 1.50. The minimum atomic E-state index is -0.410. The van der Waals surface area contributed by atoms with E-state index in [0.29, 0.717) is 19.5 Å². The Morgan fingerprint density at radius 2 is 2.08 bits per heavy atom. The third-order valence-electron chi connectivity index (χ3n) is 4.86. The zero-order chi connectivity index (χ0) is 17.0. The van der Waals surface area contributed by atoms with Crippen LogP contribution < -0.4 is 10.6 Å². The first kappa shape index (κ1) is 17.1. The van der Waals surface area contributed by atoms with Gasteiger partial charge in [-0.2, -0.15) is 11.8 Å². The van der Waals surface area contributed by atoms with Crippen molar-refractivity contribution in [3.63, 3.8) is 0 Å². The van der Waals surface area contributed by atoms with E-state index < -0.39 is 6.04 Å². The lowest BCUT2D eigenvalue weighted by Crippen LogP contribution is -2.54. The van der Waals surface area contributed by atoms with Crippen molar-refractivity contribution in [2.24, 2.45) is 0 Å². The maximum Gasteiger partial charge on any atom is 0.315 e. The van der Waals surface area contributed by atoms with Gasteiger partial charge in [-0.25, -0.2) is 4.79 Å². The molecule has 130 valence electrons. The van der Waals surface area contributed by atoms with Crippen LogP contribution in [0.5, 0.6) is 0 Å². The third kappa shape index (κ3) is 4.23. The maximum absolute atomic E-state index is 12.6. The molecule has 6 heteroatoms. The number of piperidine rings is 1. The summed E-state index contributed by atoms with van der Waals surface area (Å²) in [5.74, 6) is 0.0197. The molecule has 1 aromatic rings. The van der Waals surface area contributed by atoms with Gasteiger partial charge in [0.2, 0.25) is 5.91 Å². The van der Waals surface area contributed by atoms with Gasteiger partial charge in [0.15, 0.2) is 0 Å². The fraction of sp³-hybridized carbons (Fsp3) is 0.556. The summed E-state index contributed by atoms with van der Waals surface area (Å²) in [6, 6.07) is 9.33. The van der Waals surface area contributed by atoms with E-state index in [4.69, 9.17) is 0 Å². The predicted molar refractivity (Wildman–Crippen MR) is 96.9 cm³/mol. The smallest absolute Gasteiger partial charge is 0.315 e. The van der Waals surface area contributed by atoms with Crippen LogP contribution in [0.4, 0.5) is 4.79 Å². The molecule has 5 nitrogen and oxygen atoms in total. The maximum atomic E-state index is 12.6. The number of amides is 3. The van der Waals surface area contributed by atoms with E-state index in [2.05, 4.69) is 16.9 Å². The molecule has 0 radical (unpaired) electrons. The minimum absolute atomic E-state index is 0.0197. The highest BCUT2D eigenvalue weighted by Crippen LogP contribution is 2.46. The molecule has 0 unspecified atom stereocenters. The Morgan fingerprint density at radius 1 is 1.33 bits per heavy atom. The summed E-state index contributed by atoms with van der Waals surface area (Å²) in [5.41, 5.74) is 1.12. The molecular formula is C18H25N3O2S. The highest BCUT2D eigenvalue weighted by molar-refractivity contribution is 8.00. The molecule has 2 N–H and O–H groups in total. The molecule has 0 spiro atoms. The molecule has 1 heterocycles. The molecular weight excluding hydrogens is 322 g/mol. The first-order chi connectivity index (χ1) is 11.6. The quantitative estimate of drug-likeness (QED) is 0.830. The van der Waals surface area contributed by atoms with E-state index in [1.165, 1.54) is 0 Å². The lowest BCUT2D eigenvalue weighted by atomic mass is 10.0. The summed E-state index contributed by atoms with van der Waals surface area (Å²) in [6.07, 6.45) is 6.02. The molecule has 3 amide bonds. The number of nitrogens with one attached hydrogen (secondary N) is 2. The Kier molecular flexibility index (Phi) is 5.33. The molecule has 1 atom stereocenters. The van der Waals surface area contributed by atoms with Crippen molar-refractivity contribution in [1.29, 1.82) is 0 Å². The van der Waals surface area contributed by atoms with E-state index in [1.807, 2.05) is 47.0 Å². The normalized spacial score (nSPS) is 22.1. The monoisotopic (exact) mass is 347 g/mol. The second-order valence-corrected chi connectivity index (χ2v) is 7.93. The van der Waals surface area contributed by atoms with E-state index in [1.54, 1.807) is 0 Å². The van der Waals surface area contributed by atoms with Gasteiger partial charge in [0.05, 0.1) is 0 Å². The molecule has 0 bridgehead atoms. The van der Waals surface area contributed by atoms with Crippen molar-refractivity contribution in [3.05, 3.63) is 35.9 Å². The van der Waals surface area contributed by atoms with Gasteiger partial charge in [-0.3, -0.25) is 4.79 Å². The van der Waals surface area contributed by atoms with E-state index in [9.17, 15) is 9.59 Å². The number of hydrogen-bond donors (Lipinski definition) is 2. The van der Waals surface area contributed by atoms with Crippen molar-refractivity contribution in [1.82, 2.24) is 15.5 Å². The van der Waals surface area contributed by atoms with Crippen molar-refractivity contribution in [3.8, 4) is 0 Å². The molecule has 2 fully saturated rings. The lowest BCUT2D eigenvalue weighted by Gasteiger charge is -2.32. The molecule has 1 aliphatic heterocycles. The number of hydrogen-bond acceptors (Lipinski definition) is 3. The van der Waals surface area contributed by atoms with E-state index >= 15 is 0 Å². The number of carbonyl (C=O) groups is 2. The second-order valence-electron chi connectivity index (χ2n) is 6.65. The number of likely N-dealkylation sites (tertiary alicyclic amines) is 1. The molecule has 1 saturated carbocycles. The minimum Gasteiger partial charge on any atom is -0.337 e. The Bertz CT molecular complexity index is 589. The third-order valence-corrected chi connectivity index (χ3v) is 6.28. The van der Waals surface area contributed by atoms with Crippen LogP contribution in [-0.2, 0) is 11.3 Å². The number of thioether (sulfide) groups is 1. The Hall–Kier alpha value is -1.69. The number of rotatable bonds is 6. The Labute approximate surface area is 147 Å². The summed E-state index contributed by atoms with van der Waals surface area (Å²) >= 11 is 1.81. The van der Waals surface area contributed by atoms with Crippen molar-refractivity contribution in [2.45, 2.75) is 43.0 Å². The van der Waals surface area contributed by atoms with Crippen LogP contribution in [0.15, 0.2) is 30.3 Å². The number of nitrogens with zero attached hydrogens (tertiary/aromatic N) is 1. The van der Waals surface area contributed by atoms with Gasteiger partial charge >= 0.3 is 6.03 Å². The largest absolute Gasteiger partial charge is 0.337 e. The van der Waals surface area contributed by atoms with Crippen LogP contribution in [0.2, 0.25) is 0 Å². The zero-order valence-electron chi connectivity index (χ0n) is 14.1. The van der Waals surface area contributed by atoms with Crippen LogP contribution in [0.25, 0.3) is 0 Å². The van der Waals surface area contributed by atoms with E-state index in [0.717, 1.165) is 31.4 Å². The average Bonchev–Trinajstić information content (AvgIpc) is 3.38. The van der Waals surface area contributed by atoms with Crippen LogP contribution in [0.3, 0.4) is 0 Å². The summed E-state index contributed by atoms with van der Waals surface area (Å²) < 4.78 is 0.229.